The van der Waals surface area contributed by atoms with Crippen LogP contribution in [-0.4, -0.2) is 24.3 Å². The lowest BCUT2D eigenvalue weighted by atomic mass is 9.95. The van der Waals surface area contributed by atoms with Crippen LogP contribution in [0.3, 0.4) is 0 Å². The second kappa shape index (κ2) is 7.20. The maximum atomic E-state index is 11.9. The zero-order chi connectivity index (χ0) is 14.4. The van der Waals surface area contributed by atoms with Gasteiger partial charge in [0.25, 0.3) is 5.91 Å². The maximum absolute atomic E-state index is 11.9. The van der Waals surface area contributed by atoms with E-state index in [-0.39, 0.29) is 11.7 Å². The number of hydrogen-bond donors (Lipinski definition) is 2. The van der Waals surface area contributed by atoms with E-state index in [2.05, 4.69) is 10.6 Å². The van der Waals surface area contributed by atoms with Gasteiger partial charge in [-0.1, -0.05) is 6.42 Å². The van der Waals surface area contributed by atoms with Gasteiger partial charge < -0.3 is 10.6 Å². The van der Waals surface area contributed by atoms with Gasteiger partial charge in [0.05, 0.1) is 6.04 Å². The highest BCUT2D eigenvalue weighted by molar-refractivity contribution is 5.95. The first-order valence-electron chi connectivity index (χ1n) is 7.39. The van der Waals surface area contributed by atoms with Crippen LogP contribution >= 0.6 is 0 Å². The van der Waals surface area contributed by atoms with Crippen LogP contribution in [0.4, 0.5) is 5.69 Å². The number of rotatable bonds is 5. The third-order valence-electron chi connectivity index (χ3n) is 3.86. The number of benzene rings is 1. The molecule has 1 saturated carbocycles. The molecule has 1 amide bonds. The minimum Gasteiger partial charge on any atom is -0.336 e. The summed E-state index contributed by atoms with van der Waals surface area (Å²) in [5.41, 5.74) is 1.41. The summed E-state index contributed by atoms with van der Waals surface area (Å²) < 4.78 is 0. The smallest absolute Gasteiger partial charge is 0.279 e. The van der Waals surface area contributed by atoms with Crippen molar-refractivity contribution in [2.75, 3.05) is 11.9 Å². The number of hydrogen-bond acceptors (Lipinski definition) is 2. The fraction of sp³-hybridized carbons (Fsp3) is 0.500. The summed E-state index contributed by atoms with van der Waals surface area (Å²) in [7, 11) is 0. The first-order chi connectivity index (χ1) is 9.65. The molecule has 1 aromatic carbocycles. The van der Waals surface area contributed by atoms with E-state index in [1.165, 1.54) is 39.0 Å². The molecule has 3 N–H and O–H groups in total. The molecule has 2 rings (SSSR count). The van der Waals surface area contributed by atoms with Crippen LogP contribution in [0.25, 0.3) is 0 Å². The molecule has 20 heavy (non-hydrogen) atoms. The number of amides is 1. The Bertz CT molecular complexity index is 462. The number of nitrogens with one attached hydrogen (secondary N) is 1. The highest BCUT2D eigenvalue weighted by atomic mass is 16.2. The van der Waals surface area contributed by atoms with Crippen LogP contribution in [0.1, 0.15) is 49.4 Å². The van der Waals surface area contributed by atoms with Crippen LogP contribution in [0, 0.1) is 0 Å². The SMILES string of the molecule is CC(=O)c1ccc(NC(=O)C[NH2+]C2CCCCC2)cc1. The van der Waals surface area contributed by atoms with Crippen molar-refractivity contribution in [3.8, 4) is 0 Å². The quantitative estimate of drug-likeness (QED) is 0.804. The van der Waals surface area contributed by atoms with E-state index >= 15 is 0 Å². The standard InChI is InChI=1S/C16H22N2O2/c1-12(19)13-7-9-15(10-8-13)18-16(20)11-17-14-5-3-2-4-6-14/h7-10,14,17H,2-6,11H2,1H3,(H,18,20)/p+1. The summed E-state index contributed by atoms with van der Waals surface area (Å²) in [6.07, 6.45) is 6.35. The maximum Gasteiger partial charge on any atom is 0.279 e. The lowest BCUT2D eigenvalue weighted by Gasteiger charge is -2.19. The summed E-state index contributed by atoms with van der Waals surface area (Å²) in [4.78, 5) is 23.0. The average molecular weight is 275 g/mol. The summed E-state index contributed by atoms with van der Waals surface area (Å²) >= 11 is 0. The Morgan fingerprint density at radius 1 is 1.15 bits per heavy atom. The molecule has 4 nitrogen and oxygen atoms in total. The second-order valence-corrected chi connectivity index (χ2v) is 5.52. The summed E-state index contributed by atoms with van der Waals surface area (Å²) in [6, 6.07) is 7.63. The molecule has 1 aromatic rings. The topological polar surface area (TPSA) is 62.8 Å². The van der Waals surface area contributed by atoms with Crippen molar-refractivity contribution in [1.29, 1.82) is 0 Å². The monoisotopic (exact) mass is 275 g/mol. The van der Waals surface area contributed by atoms with Gasteiger partial charge in [0.1, 0.15) is 0 Å². The van der Waals surface area contributed by atoms with Crippen LogP contribution in [0.15, 0.2) is 24.3 Å². The summed E-state index contributed by atoms with van der Waals surface area (Å²) in [5, 5.41) is 5.02. The summed E-state index contributed by atoms with van der Waals surface area (Å²) in [6.45, 7) is 2.01. The largest absolute Gasteiger partial charge is 0.336 e. The molecule has 0 heterocycles. The normalized spacial score (nSPS) is 15.8. The fourth-order valence-electron chi connectivity index (χ4n) is 2.64. The molecular weight excluding hydrogens is 252 g/mol. The van der Waals surface area contributed by atoms with Crippen LogP contribution in [0.5, 0.6) is 0 Å². The fourth-order valence-corrected chi connectivity index (χ4v) is 2.64. The molecule has 0 unspecified atom stereocenters. The highest BCUT2D eigenvalue weighted by Gasteiger charge is 2.17. The predicted molar refractivity (Wildman–Crippen MR) is 78.7 cm³/mol. The van der Waals surface area contributed by atoms with E-state index in [1.54, 1.807) is 24.3 Å². The molecule has 0 bridgehead atoms. The van der Waals surface area contributed by atoms with Crippen LogP contribution < -0.4 is 10.6 Å². The number of nitrogens with two attached hydrogens (primary N) is 1. The average Bonchev–Trinajstić information content (AvgIpc) is 2.47. The molecule has 0 saturated heterocycles. The van der Waals surface area contributed by atoms with Gasteiger partial charge in [0.15, 0.2) is 12.3 Å². The van der Waals surface area contributed by atoms with Gasteiger partial charge in [-0.2, -0.15) is 0 Å². The number of carbonyl (C=O) groups is 2. The molecule has 0 aromatic heterocycles. The van der Waals surface area contributed by atoms with Crippen LogP contribution in [0.2, 0.25) is 0 Å². The van der Waals surface area contributed by atoms with Crippen LogP contribution in [-0.2, 0) is 4.79 Å². The zero-order valence-corrected chi connectivity index (χ0v) is 12.0. The third-order valence-corrected chi connectivity index (χ3v) is 3.86. The molecule has 0 aliphatic heterocycles. The molecule has 0 spiro atoms. The number of carbonyl (C=O) groups excluding carboxylic acids is 2. The van der Waals surface area contributed by atoms with Crippen molar-refractivity contribution >= 4 is 17.4 Å². The van der Waals surface area contributed by atoms with E-state index in [0.29, 0.717) is 18.2 Å². The van der Waals surface area contributed by atoms with Crippen molar-refractivity contribution < 1.29 is 14.9 Å². The first kappa shape index (κ1) is 14.7. The Balaban J connectivity index is 1.77. The van der Waals surface area contributed by atoms with E-state index in [4.69, 9.17) is 0 Å². The molecule has 0 radical (unpaired) electrons. The molecule has 1 fully saturated rings. The summed E-state index contributed by atoms with van der Waals surface area (Å²) in [5.74, 6) is 0.0552. The van der Waals surface area contributed by atoms with E-state index in [9.17, 15) is 9.59 Å². The Hall–Kier alpha value is -1.68. The Morgan fingerprint density at radius 2 is 1.80 bits per heavy atom. The molecule has 108 valence electrons. The van der Waals surface area contributed by atoms with Gasteiger partial charge in [0.2, 0.25) is 0 Å². The molecular formula is C16H23N2O2+. The molecule has 0 atom stereocenters. The number of quaternary nitrogens is 1. The Morgan fingerprint density at radius 3 is 2.40 bits per heavy atom. The first-order valence-corrected chi connectivity index (χ1v) is 7.39. The van der Waals surface area contributed by atoms with Gasteiger partial charge >= 0.3 is 0 Å². The van der Waals surface area contributed by atoms with Gasteiger partial charge in [-0.05, 0) is 56.9 Å². The lowest BCUT2D eigenvalue weighted by Crippen LogP contribution is -2.91. The lowest BCUT2D eigenvalue weighted by molar-refractivity contribution is -0.681. The number of anilines is 1. The van der Waals surface area contributed by atoms with Gasteiger partial charge in [-0.25, -0.2) is 0 Å². The predicted octanol–water partition coefficient (Wildman–Crippen LogP) is 1.72. The van der Waals surface area contributed by atoms with Crippen molar-refractivity contribution in [2.24, 2.45) is 0 Å². The van der Waals surface area contributed by atoms with Crippen molar-refractivity contribution in [1.82, 2.24) is 0 Å². The second-order valence-electron chi connectivity index (χ2n) is 5.52. The van der Waals surface area contributed by atoms with Crippen molar-refractivity contribution in [3.05, 3.63) is 29.8 Å². The minimum atomic E-state index is 0.0196. The zero-order valence-electron chi connectivity index (χ0n) is 12.0. The Labute approximate surface area is 119 Å². The third kappa shape index (κ3) is 4.46. The van der Waals surface area contributed by atoms with E-state index < -0.39 is 0 Å². The minimum absolute atomic E-state index is 0.0196. The molecule has 1 aliphatic rings. The van der Waals surface area contributed by atoms with Gasteiger partial charge in [-0.3, -0.25) is 9.59 Å². The highest BCUT2D eigenvalue weighted by Crippen LogP contribution is 2.14. The number of ketones is 1. The Kier molecular flexibility index (Phi) is 5.30. The van der Waals surface area contributed by atoms with E-state index in [1.807, 2.05) is 0 Å². The van der Waals surface area contributed by atoms with Crippen molar-refractivity contribution in [2.45, 2.75) is 45.1 Å². The number of Topliss-reactive ketones (excluding diaryl/α,β-unsaturated/α-hetero) is 1. The van der Waals surface area contributed by atoms with Gasteiger partial charge in [-0.15, -0.1) is 0 Å². The van der Waals surface area contributed by atoms with E-state index in [0.717, 1.165) is 5.69 Å². The molecule has 1 aliphatic carbocycles. The molecule has 4 heteroatoms. The van der Waals surface area contributed by atoms with Crippen molar-refractivity contribution in [3.63, 3.8) is 0 Å². The van der Waals surface area contributed by atoms with Gasteiger partial charge in [0, 0.05) is 11.3 Å².